The van der Waals surface area contributed by atoms with E-state index in [1.165, 1.54) is 13.2 Å². The van der Waals surface area contributed by atoms with Crippen LogP contribution in [0.15, 0.2) is 24.4 Å². The molecular formula is C17H18FN3O2. The van der Waals surface area contributed by atoms with E-state index in [9.17, 15) is 4.39 Å². The number of halogens is 1. The summed E-state index contributed by atoms with van der Waals surface area (Å²) in [7, 11) is 1.51. The minimum absolute atomic E-state index is 0.0131. The number of ether oxygens (including phenoxy) is 1. The van der Waals surface area contributed by atoms with Crippen molar-refractivity contribution in [3.63, 3.8) is 0 Å². The molecule has 0 atom stereocenters. The number of aryl methyl sites for hydroxylation is 2. The number of fused-ring (bicyclic) bond motifs is 1. The summed E-state index contributed by atoms with van der Waals surface area (Å²) >= 11 is 0. The topological polar surface area (TPSA) is 60.2 Å². The van der Waals surface area contributed by atoms with Crippen LogP contribution in [0, 0.1) is 19.7 Å². The summed E-state index contributed by atoms with van der Waals surface area (Å²) < 4.78 is 21.1. The summed E-state index contributed by atoms with van der Waals surface area (Å²) in [6, 6.07) is 5.03. The highest BCUT2D eigenvalue weighted by atomic mass is 19.1. The molecule has 0 bridgehead atoms. The Hall–Kier alpha value is -2.47. The Labute approximate surface area is 133 Å². The number of pyridine rings is 1. The molecule has 0 aliphatic carbocycles. The Kier molecular flexibility index (Phi) is 4.00. The quantitative estimate of drug-likeness (QED) is 0.804. The zero-order valence-electron chi connectivity index (χ0n) is 13.3. The molecule has 3 rings (SSSR count). The van der Waals surface area contributed by atoms with Gasteiger partial charge >= 0.3 is 0 Å². The monoisotopic (exact) mass is 315 g/mol. The van der Waals surface area contributed by atoms with E-state index in [1.54, 1.807) is 10.7 Å². The van der Waals surface area contributed by atoms with Gasteiger partial charge in [0.25, 0.3) is 0 Å². The van der Waals surface area contributed by atoms with Crippen molar-refractivity contribution < 1.29 is 14.2 Å². The van der Waals surface area contributed by atoms with Gasteiger partial charge in [-0.2, -0.15) is 5.10 Å². The first-order valence-electron chi connectivity index (χ1n) is 7.33. The standard InChI is InChI=1S/C17H18FN3O2/c1-10-6-16(14-9-21(4-5-22)20-11(14)2)19-17-13(10)7-12(23-3)8-15(17)18/h6-9,22H,4-5H2,1-3H3. The number of aromatic nitrogens is 3. The average Bonchev–Trinajstić information content (AvgIpc) is 2.88. The number of methoxy groups -OCH3 is 1. The molecule has 0 fully saturated rings. The molecule has 1 aromatic carbocycles. The van der Waals surface area contributed by atoms with E-state index in [0.717, 1.165) is 22.2 Å². The number of hydrogen-bond donors (Lipinski definition) is 1. The molecule has 3 aromatic rings. The Morgan fingerprint density at radius 3 is 2.74 bits per heavy atom. The van der Waals surface area contributed by atoms with E-state index in [-0.39, 0.29) is 6.61 Å². The SMILES string of the molecule is COc1cc(F)c2nc(-c3cn(CCO)nc3C)cc(C)c2c1. The van der Waals surface area contributed by atoms with Gasteiger partial charge in [-0.25, -0.2) is 9.37 Å². The molecule has 2 aromatic heterocycles. The van der Waals surface area contributed by atoms with Crippen LogP contribution in [0.25, 0.3) is 22.2 Å². The Bertz CT molecular complexity index is 874. The number of rotatable bonds is 4. The third-order valence-corrected chi connectivity index (χ3v) is 3.83. The van der Waals surface area contributed by atoms with Crippen LogP contribution in [0.2, 0.25) is 0 Å². The van der Waals surface area contributed by atoms with Crippen molar-refractivity contribution in [1.29, 1.82) is 0 Å². The molecule has 23 heavy (non-hydrogen) atoms. The third kappa shape index (κ3) is 2.77. The first-order chi connectivity index (χ1) is 11.0. The summed E-state index contributed by atoms with van der Waals surface area (Å²) in [6.45, 7) is 4.22. The normalized spacial score (nSPS) is 11.2. The van der Waals surface area contributed by atoms with Crippen LogP contribution in [0.1, 0.15) is 11.3 Å². The van der Waals surface area contributed by atoms with Gasteiger partial charge in [0, 0.05) is 23.2 Å². The minimum atomic E-state index is -0.412. The number of aliphatic hydroxyl groups is 1. The van der Waals surface area contributed by atoms with Crippen molar-refractivity contribution in [3.05, 3.63) is 41.5 Å². The molecule has 6 heteroatoms. The average molecular weight is 315 g/mol. The zero-order chi connectivity index (χ0) is 16.6. The van der Waals surface area contributed by atoms with E-state index in [4.69, 9.17) is 9.84 Å². The summed E-state index contributed by atoms with van der Waals surface area (Å²) in [6.07, 6.45) is 1.82. The van der Waals surface area contributed by atoms with E-state index >= 15 is 0 Å². The minimum Gasteiger partial charge on any atom is -0.497 e. The van der Waals surface area contributed by atoms with Crippen LogP contribution >= 0.6 is 0 Å². The molecule has 120 valence electrons. The lowest BCUT2D eigenvalue weighted by Gasteiger charge is -2.09. The second-order valence-corrected chi connectivity index (χ2v) is 5.44. The lowest BCUT2D eigenvalue weighted by molar-refractivity contribution is 0.269. The maximum atomic E-state index is 14.3. The van der Waals surface area contributed by atoms with Gasteiger partial charge < -0.3 is 9.84 Å². The van der Waals surface area contributed by atoms with Crippen LogP contribution in [-0.2, 0) is 6.54 Å². The van der Waals surface area contributed by atoms with Crippen molar-refractivity contribution in [2.75, 3.05) is 13.7 Å². The maximum Gasteiger partial charge on any atom is 0.153 e. The van der Waals surface area contributed by atoms with Crippen molar-refractivity contribution in [2.45, 2.75) is 20.4 Å². The lowest BCUT2D eigenvalue weighted by Crippen LogP contribution is -2.02. The van der Waals surface area contributed by atoms with E-state index in [2.05, 4.69) is 10.1 Å². The largest absolute Gasteiger partial charge is 0.497 e. The number of nitrogens with zero attached hydrogens (tertiary/aromatic N) is 3. The van der Waals surface area contributed by atoms with Gasteiger partial charge in [-0.3, -0.25) is 4.68 Å². The molecule has 1 N–H and O–H groups in total. The van der Waals surface area contributed by atoms with Gasteiger partial charge in [0.15, 0.2) is 5.82 Å². The Morgan fingerprint density at radius 1 is 1.26 bits per heavy atom. The fourth-order valence-electron chi connectivity index (χ4n) is 2.67. The predicted molar refractivity (Wildman–Crippen MR) is 86.0 cm³/mol. The number of aliphatic hydroxyl groups excluding tert-OH is 1. The summed E-state index contributed by atoms with van der Waals surface area (Å²) in [5.74, 6) is 0.0595. The van der Waals surface area contributed by atoms with Crippen molar-refractivity contribution in [3.8, 4) is 17.0 Å². The molecule has 5 nitrogen and oxygen atoms in total. The van der Waals surface area contributed by atoms with Gasteiger partial charge in [0.2, 0.25) is 0 Å². The zero-order valence-corrected chi connectivity index (χ0v) is 13.3. The van der Waals surface area contributed by atoms with Crippen LogP contribution < -0.4 is 4.74 Å². The molecule has 0 aliphatic heterocycles. The predicted octanol–water partition coefficient (Wildman–Crippen LogP) is 2.86. The van der Waals surface area contributed by atoms with Gasteiger partial charge in [-0.15, -0.1) is 0 Å². The Morgan fingerprint density at radius 2 is 2.04 bits per heavy atom. The van der Waals surface area contributed by atoms with Crippen LogP contribution in [0.4, 0.5) is 4.39 Å². The lowest BCUT2D eigenvalue weighted by atomic mass is 10.1. The molecule has 0 saturated carbocycles. The second-order valence-electron chi connectivity index (χ2n) is 5.44. The van der Waals surface area contributed by atoms with Crippen molar-refractivity contribution >= 4 is 10.9 Å². The fraction of sp³-hybridized carbons (Fsp3) is 0.294. The van der Waals surface area contributed by atoms with Crippen molar-refractivity contribution in [1.82, 2.24) is 14.8 Å². The summed E-state index contributed by atoms with van der Waals surface area (Å²) in [4.78, 5) is 4.47. The van der Waals surface area contributed by atoms with E-state index < -0.39 is 5.82 Å². The van der Waals surface area contributed by atoms with Gasteiger partial charge in [-0.1, -0.05) is 0 Å². The molecule has 2 heterocycles. The first kappa shape index (κ1) is 15.4. The molecule has 0 spiro atoms. The highest BCUT2D eigenvalue weighted by molar-refractivity contribution is 5.86. The van der Waals surface area contributed by atoms with Gasteiger partial charge in [0.1, 0.15) is 11.3 Å². The molecule has 0 aliphatic rings. The molecule has 0 saturated heterocycles. The number of benzene rings is 1. The summed E-state index contributed by atoms with van der Waals surface area (Å²) in [5, 5.41) is 14.1. The first-order valence-corrected chi connectivity index (χ1v) is 7.33. The van der Waals surface area contributed by atoms with Crippen LogP contribution in [0.3, 0.4) is 0 Å². The van der Waals surface area contributed by atoms with Crippen molar-refractivity contribution in [2.24, 2.45) is 0 Å². The maximum absolute atomic E-state index is 14.3. The van der Waals surface area contributed by atoms with Crippen LogP contribution in [0.5, 0.6) is 5.75 Å². The highest BCUT2D eigenvalue weighted by Gasteiger charge is 2.14. The van der Waals surface area contributed by atoms with E-state index in [1.807, 2.05) is 26.1 Å². The summed E-state index contributed by atoms with van der Waals surface area (Å²) in [5.41, 5.74) is 3.52. The third-order valence-electron chi connectivity index (χ3n) is 3.83. The number of hydrogen-bond acceptors (Lipinski definition) is 4. The molecule has 0 amide bonds. The molecule has 0 unspecified atom stereocenters. The molecule has 0 radical (unpaired) electrons. The second kappa shape index (κ2) is 5.96. The molecular weight excluding hydrogens is 297 g/mol. The van der Waals surface area contributed by atoms with E-state index in [0.29, 0.717) is 23.5 Å². The van der Waals surface area contributed by atoms with Gasteiger partial charge in [-0.05, 0) is 31.5 Å². The fourth-order valence-corrected chi connectivity index (χ4v) is 2.67. The highest BCUT2D eigenvalue weighted by Crippen LogP contribution is 2.30. The Balaban J connectivity index is 2.18. The smallest absolute Gasteiger partial charge is 0.153 e. The van der Waals surface area contributed by atoms with Crippen LogP contribution in [-0.4, -0.2) is 33.6 Å². The van der Waals surface area contributed by atoms with Gasteiger partial charge in [0.05, 0.1) is 31.6 Å².